The van der Waals surface area contributed by atoms with Gasteiger partial charge in [-0.05, 0) is 56.9 Å². The topological polar surface area (TPSA) is 114 Å². The summed E-state index contributed by atoms with van der Waals surface area (Å²) in [5, 5.41) is 12.9. The molecule has 4 aromatic rings. The van der Waals surface area contributed by atoms with Gasteiger partial charge in [0.05, 0.1) is 22.3 Å². The van der Waals surface area contributed by atoms with Crippen molar-refractivity contribution in [1.82, 2.24) is 25.1 Å². The van der Waals surface area contributed by atoms with Crippen LogP contribution in [0.3, 0.4) is 0 Å². The third-order valence-electron chi connectivity index (χ3n) is 5.35. The molecule has 0 bridgehead atoms. The highest BCUT2D eigenvalue weighted by Crippen LogP contribution is 2.29. The lowest BCUT2D eigenvalue weighted by Gasteiger charge is -2.15. The van der Waals surface area contributed by atoms with Gasteiger partial charge >= 0.3 is 0 Å². The number of anilines is 4. The fraction of sp³-hybridized carbons (Fsp3) is 0.286. The van der Waals surface area contributed by atoms with E-state index in [1.165, 1.54) is 12.0 Å². The Morgan fingerprint density at radius 2 is 1.86 bits per heavy atom. The van der Waals surface area contributed by atoms with Crippen molar-refractivity contribution in [3.8, 4) is 0 Å². The zero-order valence-corrected chi connectivity index (χ0v) is 16.2. The number of benzene rings is 1. The van der Waals surface area contributed by atoms with Gasteiger partial charge in [0.15, 0.2) is 0 Å². The van der Waals surface area contributed by atoms with Gasteiger partial charge in [0.1, 0.15) is 5.82 Å². The van der Waals surface area contributed by atoms with Crippen molar-refractivity contribution < 1.29 is 0 Å². The molecule has 5 rings (SSSR count). The lowest BCUT2D eigenvalue weighted by Crippen LogP contribution is -2.08. The molecular weight excluding hydrogens is 366 g/mol. The number of rotatable bonds is 4. The number of aromatic nitrogens is 5. The Bertz CT molecular complexity index is 1230. The van der Waals surface area contributed by atoms with Gasteiger partial charge < -0.3 is 15.6 Å². The Kier molecular flexibility index (Phi) is 4.31. The van der Waals surface area contributed by atoms with Crippen LogP contribution in [0.2, 0.25) is 0 Å². The van der Waals surface area contributed by atoms with Crippen molar-refractivity contribution in [2.45, 2.75) is 39.0 Å². The molecule has 0 unspecified atom stereocenters. The predicted molar refractivity (Wildman–Crippen MR) is 114 cm³/mol. The largest absolute Gasteiger partial charge is 0.363 e. The minimum absolute atomic E-state index is 0.124. The molecule has 148 valence electrons. The summed E-state index contributed by atoms with van der Waals surface area (Å²) >= 11 is 0. The van der Waals surface area contributed by atoms with E-state index in [0.717, 1.165) is 59.8 Å². The number of nitrogens with one attached hydrogen (secondary N) is 5. The molecule has 0 atom stereocenters. The summed E-state index contributed by atoms with van der Waals surface area (Å²) in [6.45, 7) is 2.03. The number of aryl methyl sites for hydroxylation is 2. The van der Waals surface area contributed by atoms with Crippen molar-refractivity contribution in [1.29, 1.82) is 0 Å². The Hall–Kier alpha value is -3.55. The summed E-state index contributed by atoms with van der Waals surface area (Å²) < 4.78 is 0. The first-order chi connectivity index (χ1) is 14.2. The smallest absolute Gasteiger partial charge is 0.271 e. The van der Waals surface area contributed by atoms with Gasteiger partial charge in [-0.3, -0.25) is 15.0 Å². The Balaban J connectivity index is 1.52. The van der Waals surface area contributed by atoms with E-state index in [0.29, 0.717) is 11.3 Å². The van der Waals surface area contributed by atoms with Crippen LogP contribution in [0.1, 0.15) is 36.2 Å². The van der Waals surface area contributed by atoms with Gasteiger partial charge in [-0.2, -0.15) is 4.98 Å². The van der Waals surface area contributed by atoms with Crippen molar-refractivity contribution in [3.05, 3.63) is 57.8 Å². The van der Waals surface area contributed by atoms with Crippen molar-refractivity contribution in [3.63, 3.8) is 0 Å². The number of hydrogen-bond acceptors (Lipinski definition) is 5. The van der Waals surface area contributed by atoms with E-state index in [9.17, 15) is 4.79 Å². The first kappa shape index (κ1) is 17.5. The van der Waals surface area contributed by atoms with E-state index in [4.69, 9.17) is 9.97 Å². The maximum atomic E-state index is 11.7. The van der Waals surface area contributed by atoms with E-state index < -0.39 is 0 Å². The molecule has 5 N–H and O–H groups in total. The molecule has 1 aliphatic carbocycles. The van der Waals surface area contributed by atoms with E-state index in [1.54, 1.807) is 6.07 Å². The molecule has 1 aromatic carbocycles. The standard InChI is InChI=1S/C21H23N7O/c1-12-9-14(11-22-12)23-19-15-5-3-2-4-6-17(15)25-21(26-19)24-13-7-8-16-18(10-13)27-28-20(16)29/h7-11,22H,2-6H2,1H3,(H2,27,28,29)(H2,23,24,25,26). The van der Waals surface area contributed by atoms with Gasteiger partial charge in [-0.1, -0.05) is 6.42 Å². The average molecular weight is 389 g/mol. The molecule has 29 heavy (non-hydrogen) atoms. The molecule has 3 heterocycles. The van der Waals surface area contributed by atoms with Gasteiger partial charge in [0, 0.05) is 23.1 Å². The molecular formula is C21H23N7O. The number of H-pyrrole nitrogens is 3. The number of fused-ring (bicyclic) bond motifs is 2. The molecule has 0 aliphatic heterocycles. The quantitative estimate of drug-likeness (QED) is 0.338. The van der Waals surface area contributed by atoms with E-state index in [2.05, 4.69) is 31.9 Å². The molecule has 8 nitrogen and oxygen atoms in total. The second kappa shape index (κ2) is 7.12. The van der Waals surface area contributed by atoms with Crippen LogP contribution in [-0.2, 0) is 12.8 Å². The van der Waals surface area contributed by atoms with E-state index in [-0.39, 0.29) is 5.56 Å². The second-order valence-corrected chi connectivity index (χ2v) is 7.54. The lowest BCUT2D eigenvalue weighted by atomic mass is 10.1. The highest BCUT2D eigenvalue weighted by molar-refractivity contribution is 5.82. The first-order valence-electron chi connectivity index (χ1n) is 9.95. The van der Waals surface area contributed by atoms with Gasteiger partial charge in [0.25, 0.3) is 5.56 Å². The summed E-state index contributed by atoms with van der Waals surface area (Å²) in [7, 11) is 0. The molecule has 0 radical (unpaired) electrons. The number of nitrogens with zero attached hydrogens (tertiary/aromatic N) is 2. The van der Waals surface area contributed by atoms with E-state index in [1.807, 2.05) is 25.3 Å². The summed E-state index contributed by atoms with van der Waals surface area (Å²) in [6.07, 6.45) is 7.39. The molecule has 1 aliphatic rings. The van der Waals surface area contributed by atoms with Crippen LogP contribution in [-0.4, -0.2) is 25.1 Å². The van der Waals surface area contributed by atoms with Crippen LogP contribution in [0.25, 0.3) is 10.9 Å². The van der Waals surface area contributed by atoms with Crippen LogP contribution >= 0.6 is 0 Å². The lowest BCUT2D eigenvalue weighted by molar-refractivity contribution is 0.709. The molecule has 0 spiro atoms. The minimum atomic E-state index is -0.124. The summed E-state index contributed by atoms with van der Waals surface area (Å²) in [4.78, 5) is 24.5. The SMILES string of the molecule is Cc1cc(Nc2nc(Nc3ccc4c(=O)[nH][nH]c4c3)nc3c2CCCCC3)c[nH]1. The minimum Gasteiger partial charge on any atom is -0.363 e. The van der Waals surface area contributed by atoms with E-state index >= 15 is 0 Å². The number of hydrogen-bond donors (Lipinski definition) is 5. The Labute approximate surface area is 167 Å². The molecule has 0 saturated carbocycles. The Morgan fingerprint density at radius 3 is 2.72 bits per heavy atom. The van der Waals surface area contributed by atoms with Crippen LogP contribution in [0.15, 0.2) is 35.3 Å². The van der Waals surface area contributed by atoms with Crippen LogP contribution in [0.5, 0.6) is 0 Å². The average Bonchev–Trinajstić information content (AvgIpc) is 3.18. The Morgan fingerprint density at radius 1 is 0.966 bits per heavy atom. The third kappa shape index (κ3) is 3.49. The molecule has 0 saturated heterocycles. The third-order valence-corrected chi connectivity index (χ3v) is 5.35. The van der Waals surface area contributed by atoms with Gasteiger partial charge in [-0.15, -0.1) is 0 Å². The van der Waals surface area contributed by atoms with Crippen molar-refractivity contribution >= 4 is 34.0 Å². The second-order valence-electron chi connectivity index (χ2n) is 7.54. The maximum Gasteiger partial charge on any atom is 0.271 e. The normalized spacial score (nSPS) is 13.8. The monoisotopic (exact) mass is 389 g/mol. The fourth-order valence-corrected chi connectivity index (χ4v) is 3.89. The predicted octanol–water partition coefficient (Wildman–Crippen LogP) is 4.04. The molecule has 0 fully saturated rings. The number of aromatic amines is 3. The molecule has 0 amide bonds. The van der Waals surface area contributed by atoms with Crippen molar-refractivity contribution in [2.24, 2.45) is 0 Å². The highest BCUT2D eigenvalue weighted by atomic mass is 16.1. The summed E-state index contributed by atoms with van der Waals surface area (Å²) in [6, 6.07) is 7.60. The van der Waals surface area contributed by atoms with Crippen LogP contribution in [0, 0.1) is 6.92 Å². The summed E-state index contributed by atoms with van der Waals surface area (Å²) in [5.74, 6) is 1.41. The zero-order valence-electron chi connectivity index (χ0n) is 16.2. The molecule has 3 aromatic heterocycles. The zero-order chi connectivity index (χ0) is 19.8. The van der Waals surface area contributed by atoms with Gasteiger partial charge in [-0.25, -0.2) is 4.98 Å². The first-order valence-corrected chi connectivity index (χ1v) is 9.95. The van der Waals surface area contributed by atoms with Crippen molar-refractivity contribution in [2.75, 3.05) is 10.6 Å². The fourth-order valence-electron chi connectivity index (χ4n) is 3.89. The summed E-state index contributed by atoms with van der Waals surface area (Å²) in [5.41, 5.74) is 5.84. The highest BCUT2D eigenvalue weighted by Gasteiger charge is 2.17. The molecule has 8 heteroatoms. The van der Waals surface area contributed by atoms with Gasteiger partial charge in [0.2, 0.25) is 5.95 Å². The maximum absolute atomic E-state index is 11.7. The van der Waals surface area contributed by atoms with Crippen LogP contribution in [0.4, 0.5) is 23.1 Å². The van der Waals surface area contributed by atoms with Crippen LogP contribution < -0.4 is 16.2 Å².